The quantitative estimate of drug-likeness (QED) is 0.0393. The summed E-state index contributed by atoms with van der Waals surface area (Å²) in [5.41, 5.74) is -8.89. The van der Waals surface area contributed by atoms with Gasteiger partial charge >= 0.3 is 23.9 Å². The lowest BCUT2D eigenvalue weighted by Crippen LogP contribution is -2.79. The topological polar surface area (TPSA) is 173 Å². The molecule has 0 radical (unpaired) electrons. The number of allylic oxidation sites excluding steroid dienone is 1. The molecule has 2 saturated heterocycles. The fourth-order valence-electron chi connectivity index (χ4n) is 8.64. The summed E-state index contributed by atoms with van der Waals surface area (Å²) in [6, 6.07) is 11.4. The van der Waals surface area contributed by atoms with E-state index >= 15 is 9.59 Å². The van der Waals surface area contributed by atoms with Crippen molar-refractivity contribution in [2.45, 2.75) is 219 Å². The summed E-state index contributed by atoms with van der Waals surface area (Å²) in [7, 11) is -2.90. The second-order valence-corrected chi connectivity index (χ2v) is 26.2. The van der Waals surface area contributed by atoms with Gasteiger partial charge in [-0.1, -0.05) is 97.9 Å². The highest BCUT2D eigenvalue weighted by Gasteiger charge is 2.87. The smallest absolute Gasteiger partial charge is 0.347 e. The molecule has 2 N–H and O–H groups in total. The van der Waals surface area contributed by atoms with E-state index in [0.717, 1.165) is 18.4 Å². The van der Waals surface area contributed by atoms with Crippen LogP contribution in [0.5, 0.6) is 0 Å². The maximum atomic E-state index is 15.5. The number of hydrogen-bond donors (Lipinski definition) is 2. The number of benzene rings is 1. The van der Waals surface area contributed by atoms with Crippen molar-refractivity contribution in [1.82, 2.24) is 0 Å². The minimum atomic E-state index is -3.43. The van der Waals surface area contributed by atoms with E-state index in [2.05, 4.69) is 20.4 Å². The van der Waals surface area contributed by atoms with Crippen molar-refractivity contribution in [3.05, 3.63) is 60.2 Å². The van der Waals surface area contributed by atoms with Crippen molar-refractivity contribution < 1.29 is 62.2 Å². The summed E-state index contributed by atoms with van der Waals surface area (Å²) in [4.78, 5) is 59.6. The predicted molar refractivity (Wildman–Crippen MR) is 252 cm³/mol. The molecule has 10 atom stereocenters. The Kier molecular flexibility index (Phi) is 18.7. The molecule has 13 nitrogen and oxygen atoms in total. The Morgan fingerprint density at radius 1 is 0.831 bits per heavy atom. The van der Waals surface area contributed by atoms with Gasteiger partial charge in [-0.05, 0) is 129 Å². The minimum Gasteiger partial charge on any atom is -0.458 e. The Morgan fingerprint density at radius 2 is 1.37 bits per heavy atom. The summed E-state index contributed by atoms with van der Waals surface area (Å²) < 4.78 is 45.2. The third kappa shape index (κ3) is 13.4. The Hall–Kier alpha value is -3.40. The number of rotatable bonds is 21. The van der Waals surface area contributed by atoms with E-state index in [9.17, 15) is 19.8 Å². The van der Waals surface area contributed by atoms with Crippen molar-refractivity contribution in [3.63, 3.8) is 0 Å². The zero-order valence-electron chi connectivity index (χ0n) is 42.3. The summed E-state index contributed by atoms with van der Waals surface area (Å²) in [6.07, 6.45) is -1.99. The molecule has 0 spiro atoms. The molecule has 3 rings (SSSR count). The third-order valence-corrected chi connectivity index (χ3v) is 17.1. The van der Waals surface area contributed by atoms with Gasteiger partial charge in [0.15, 0.2) is 20.2 Å². The number of ether oxygens (including phenoxy) is 6. The van der Waals surface area contributed by atoms with Gasteiger partial charge in [-0.3, -0.25) is 0 Å². The molecular formula is C51H82O13Si. The molecule has 0 aromatic heterocycles. The van der Waals surface area contributed by atoms with E-state index in [1.807, 2.05) is 65.0 Å². The van der Waals surface area contributed by atoms with Gasteiger partial charge in [0.2, 0.25) is 11.7 Å². The molecule has 2 fully saturated rings. The largest absolute Gasteiger partial charge is 0.458 e. The number of hydrogen-bond acceptors (Lipinski definition) is 13. The first kappa shape index (κ1) is 55.9. The summed E-state index contributed by atoms with van der Waals surface area (Å²) in [5, 5.41) is 25.2. The van der Waals surface area contributed by atoms with Crippen LogP contribution in [0.4, 0.5) is 0 Å². The van der Waals surface area contributed by atoms with Crippen molar-refractivity contribution in [3.8, 4) is 0 Å². The Balaban J connectivity index is 2.49. The fraction of sp³-hybridized carbons (Fsp3) is 0.725. The minimum absolute atomic E-state index is 0.0247. The molecule has 2 aliphatic heterocycles. The van der Waals surface area contributed by atoms with Gasteiger partial charge in [-0.2, -0.15) is 0 Å². The second-order valence-electron chi connectivity index (χ2n) is 21.4. The number of carbonyl (C=O) groups excluding carboxylic acids is 4. The van der Waals surface area contributed by atoms with Crippen LogP contribution < -0.4 is 0 Å². The van der Waals surface area contributed by atoms with E-state index in [4.69, 9.17) is 32.8 Å². The molecule has 2 aliphatic rings. The van der Waals surface area contributed by atoms with E-state index in [0.29, 0.717) is 36.0 Å². The van der Waals surface area contributed by atoms with Gasteiger partial charge in [0.25, 0.3) is 5.60 Å². The standard InChI is InChI=1S/C51H82O13Si/c1-18-33(5)31-34(6)27-28-38(52)58-41-40(63-65(19-2,20-3)21-4)49(30-29-35(7)39(53)36(8)32-37-25-23-22-24-26-37)59-42(43(54)60-46(9,10)11)50(57,44(55)61-47(12,13)14)51(41,64-49)45(56)62-48(15,16)17/h22-28,33-34,36,39-42,53,57H,7,18-21,29-32H2,1-6,8-17H3/b28-27+/t33-,34+,36+,39+,40+,41+,42+,49-,50+,51-/m0/s1. The number of aliphatic hydroxyl groups is 2. The van der Waals surface area contributed by atoms with Crippen LogP contribution in [0.15, 0.2) is 54.6 Å². The maximum absolute atomic E-state index is 15.5. The fourth-order valence-corrected chi connectivity index (χ4v) is 11.5. The monoisotopic (exact) mass is 931 g/mol. The number of fused-ring (bicyclic) bond motifs is 2. The SMILES string of the molecule is C=C(CC[C@]12O[C@H](C(=O)OC(C)(C)C)[C@@](O)(C(=O)OC(C)(C)C)[C@](C(=O)OC(C)(C)C)(O1)[C@H](OC(=O)/C=C/[C@@H](C)C[C@@H](C)CC)[C@H]2O[Si](CC)(CC)CC)[C@@H](O)[C@H](C)Cc1ccccc1. The van der Waals surface area contributed by atoms with Crippen LogP contribution in [0, 0.1) is 17.8 Å². The van der Waals surface area contributed by atoms with Crippen LogP contribution in [0.3, 0.4) is 0 Å². The molecule has 2 bridgehead atoms. The molecule has 0 amide bonds. The molecule has 0 unspecified atom stereocenters. The van der Waals surface area contributed by atoms with E-state index in [1.165, 1.54) is 6.08 Å². The molecule has 1 aromatic rings. The summed E-state index contributed by atoms with van der Waals surface area (Å²) in [6.45, 7) is 32.5. The van der Waals surface area contributed by atoms with Crippen LogP contribution >= 0.6 is 0 Å². The molecule has 65 heavy (non-hydrogen) atoms. The lowest BCUT2D eigenvalue weighted by atomic mass is 9.74. The number of esters is 4. The third-order valence-electron chi connectivity index (χ3n) is 12.5. The van der Waals surface area contributed by atoms with Crippen LogP contribution in [0.25, 0.3) is 0 Å². The first-order valence-corrected chi connectivity index (χ1v) is 26.2. The van der Waals surface area contributed by atoms with Crippen LogP contribution in [0.2, 0.25) is 18.1 Å². The summed E-state index contributed by atoms with van der Waals surface area (Å²) >= 11 is 0. The first-order chi connectivity index (χ1) is 29.9. The van der Waals surface area contributed by atoms with Gasteiger partial charge in [0, 0.05) is 12.5 Å². The molecule has 368 valence electrons. The zero-order valence-corrected chi connectivity index (χ0v) is 43.3. The molecule has 1 aromatic carbocycles. The van der Waals surface area contributed by atoms with Gasteiger partial charge < -0.3 is 43.1 Å². The normalized spacial score (nSPS) is 26.8. The predicted octanol–water partition coefficient (Wildman–Crippen LogP) is 9.11. The van der Waals surface area contributed by atoms with Gasteiger partial charge in [0.05, 0.1) is 6.10 Å². The highest BCUT2D eigenvalue weighted by Crippen LogP contribution is 2.59. The highest BCUT2D eigenvalue weighted by molar-refractivity contribution is 6.73. The molecular weight excluding hydrogens is 849 g/mol. The van der Waals surface area contributed by atoms with E-state index in [-0.39, 0.29) is 24.7 Å². The molecule has 0 saturated carbocycles. The molecule has 2 heterocycles. The average Bonchev–Trinajstić information content (AvgIpc) is 3.43. The van der Waals surface area contributed by atoms with E-state index < -0.39 is 90.4 Å². The molecule has 14 heteroatoms. The first-order valence-electron chi connectivity index (χ1n) is 23.6. The zero-order chi connectivity index (χ0) is 49.6. The van der Waals surface area contributed by atoms with Gasteiger partial charge in [0.1, 0.15) is 22.9 Å². The van der Waals surface area contributed by atoms with Crippen LogP contribution in [0.1, 0.15) is 142 Å². The Bertz CT molecular complexity index is 1810. The van der Waals surface area contributed by atoms with Crippen LogP contribution in [-0.2, 0) is 58.4 Å². The maximum Gasteiger partial charge on any atom is 0.347 e. The number of aliphatic hydroxyl groups excluding tert-OH is 1. The van der Waals surface area contributed by atoms with Crippen LogP contribution in [-0.4, -0.2) is 101 Å². The lowest BCUT2D eigenvalue weighted by molar-refractivity contribution is -0.377. The van der Waals surface area contributed by atoms with Gasteiger partial charge in [-0.25, -0.2) is 19.2 Å². The molecule has 0 aliphatic carbocycles. The summed E-state index contributed by atoms with van der Waals surface area (Å²) in [5.74, 6) is -7.18. The van der Waals surface area contributed by atoms with Gasteiger partial charge in [-0.15, -0.1) is 0 Å². The van der Waals surface area contributed by atoms with E-state index in [1.54, 1.807) is 68.4 Å². The highest BCUT2D eigenvalue weighted by atomic mass is 28.4. The average molecular weight is 931 g/mol. The lowest BCUT2D eigenvalue weighted by Gasteiger charge is -2.51. The second kappa shape index (κ2) is 21.7. The van der Waals surface area contributed by atoms with Crippen molar-refractivity contribution >= 4 is 32.2 Å². The van der Waals surface area contributed by atoms with Crippen molar-refractivity contribution in [1.29, 1.82) is 0 Å². The Labute approximate surface area is 390 Å². The van der Waals surface area contributed by atoms with Crippen molar-refractivity contribution in [2.24, 2.45) is 17.8 Å². The van der Waals surface area contributed by atoms with Crippen molar-refractivity contribution in [2.75, 3.05) is 0 Å². The Morgan fingerprint density at radius 3 is 1.88 bits per heavy atom. The number of carbonyl (C=O) groups is 4.